The third-order valence-electron chi connectivity index (χ3n) is 6.92. The number of pyridine rings is 1. The summed E-state index contributed by atoms with van der Waals surface area (Å²) in [5.41, 5.74) is 4.90. The monoisotopic (exact) mass is 548 g/mol. The number of hydrogen-bond acceptors (Lipinski definition) is 5. The summed E-state index contributed by atoms with van der Waals surface area (Å²) < 4.78 is 58.4. The largest absolute Gasteiger partial charge is 0.317 e. The summed E-state index contributed by atoms with van der Waals surface area (Å²) in [7, 11) is -3.60. The molecule has 1 aliphatic heterocycles. The lowest BCUT2D eigenvalue weighted by atomic mass is 9.98. The van der Waals surface area contributed by atoms with Crippen molar-refractivity contribution in [3.8, 4) is 33.4 Å². The highest BCUT2D eigenvalue weighted by molar-refractivity contribution is 7.92. The molecular weight excluding hydrogens is 522 g/mol. The van der Waals surface area contributed by atoms with Gasteiger partial charge >= 0.3 is 0 Å². The van der Waals surface area contributed by atoms with Gasteiger partial charge < -0.3 is 5.32 Å². The van der Waals surface area contributed by atoms with Gasteiger partial charge in [-0.1, -0.05) is 6.07 Å². The van der Waals surface area contributed by atoms with Gasteiger partial charge in [-0.2, -0.15) is 10.2 Å². The summed E-state index contributed by atoms with van der Waals surface area (Å²) >= 11 is 0. The molecule has 8 nitrogen and oxygen atoms in total. The van der Waals surface area contributed by atoms with Crippen LogP contribution < -0.4 is 10.0 Å². The van der Waals surface area contributed by atoms with Crippen LogP contribution in [0.5, 0.6) is 0 Å². The normalized spacial score (nSPS) is 14.6. The number of anilines is 1. The lowest BCUT2D eigenvalue weighted by molar-refractivity contribution is 0.343. The molecule has 0 atom stereocenters. The molecule has 0 bridgehead atoms. The van der Waals surface area contributed by atoms with E-state index < -0.39 is 21.7 Å². The van der Waals surface area contributed by atoms with Crippen LogP contribution in [-0.2, 0) is 10.0 Å². The molecular formula is C28H26F2N6O2S. The van der Waals surface area contributed by atoms with E-state index in [4.69, 9.17) is 0 Å². The molecule has 2 aromatic carbocycles. The molecule has 39 heavy (non-hydrogen) atoms. The van der Waals surface area contributed by atoms with Crippen molar-refractivity contribution in [2.75, 3.05) is 24.1 Å². The van der Waals surface area contributed by atoms with E-state index in [1.807, 2.05) is 29.2 Å². The Hall–Kier alpha value is -4.09. The van der Waals surface area contributed by atoms with E-state index in [1.54, 1.807) is 22.8 Å². The minimum atomic E-state index is -3.60. The zero-order valence-corrected chi connectivity index (χ0v) is 21.9. The summed E-state index contributed by atoms with van der Waals surface area (Å²) in [6.07, 6.45) is 10.6. The number of hydrogen-bond donors (Lipinski definition) is 2. The first kappa shape index (κ1) is 25.2. The van der Waals surface area contributed by atoms with Gasteiger partial charge in [0.2, 0.25) is 10.0 Å². The number of sulfonamides is 1. The molecule has 3 aromatic heterocycles. The summed E-state index contributed by atoms with van der Waals surface area (Å²) in [4.78, 5) is 0. The van der Waals surface area contributed by atoms with Crippen molar-refractivity contribution < 1.29 is 17.2 Å². The van der Waals surface area contributed by atoms with Gasteiger partial charge in [0.25, 0.3) is 0 Å². The van der Waals surface area contributed by atoms with Crippen LogP contribution in [0.25, 0.3) is 38.9 Å². The minimum absolute atomic E-state index is 0.152. The summed E-state index contributed by atoms with van der Waals surface area (Å²) in [5.74, 6) is -1.44. The third kappa shape index (κ3) is 5.27. The average Bonchev–Trinajstić information content (AvgIpc) is 3.55. The molecule has 6 rings (SSSR count). The second kappa shape index (κ2) is 9.90. The molecule has 4 heterocycles. The third-order valence-corrected chi connectivity index (χ3v) is 7.53. The molecule has 0 saturated carbocycles. The standard InChI is InChI=1S/C28H26F2N6O2S/c1-39(37,38)34-23-11-19(25-4-3-22(29)13-27(25)30)10-20(12-23)26-15-33-36-16-18(2-5-28(26)36)21-14-32-35(17-21)24-6-8-31-9-7-24/h2-5,10-17,24,31,34H,6-9H2,1H3. The van der Waals surface area contributed by atoms with Crippen LogP contribution in [0.15, 0.2) is 73.3 Å². The quantitative estimate of drug-likeness (QED) is 0.308. The molecule has 0 radical (unpaired) electrons. The molecule has 5 aromatic rings. The number of aromatic nitrogens is 4. The predicted molar refractivity (Wildman–Crippen MR) is 147 cm³/mol. The molecule has 0 spiro atoms. The molecule has 1 aliphatic rings. The second-order valence-electron chi connectivity index (χ2n) is 9.79. The number of halogens is 2. The van der Waals surface area contributed by atoms with Crippen LogP contribution in [0.2, 0.25) is 0 Å². The van der Waals surface area contributed by atoms with E-state index in [1.165, 1.54) is 18.2 Å². The maximum Gasteiger partial charge on any atom is 0.229 e. The Bertz CT molecular complexity index is 1790. The van der Waals surface area contributed by atoms with Gasteiger partial charge in [0.05, 0.1) is 30.2 Å². The van der Waals surface area contributed by atoms with Crippen molar-refractivity contribution in [2.45, 2.75) is 18.9 Å². The van der Waals surface area contributed by atoms with Crippen molar-refractivity contribution in [1.82, 2.24) is 24.7 Å². The molecule has 2 N–H and O–H groups in total. The summed E-state index contributed by atoms with van der Waals surface area (Å²) in [5, 5.41) is 12.5. The highest BCUT2D eigenvalue weighted by atomic mass is 32.2. The first-order valence-corrected chi connectivity index (χ1v) is 14.4. The van der Waals surface area contributed by atoms with E-state index in [9.17, 15) is 17.2 Å². The van der Waals surface area contributed by atoms with Crippen LogP contribution in [0.1, 0.15) is 18.9 Å². The van der Waals surface area contributed by atoms with Crippen molar-refractivity contribution in [1.29, 1.82) is 0 Å². The molecule has 0 unspecified atom stereocenters. The van der Waals surface area contributed by atoms with Crippen LogP contribution >= 0.6 is 0 Å². The SMILES string of the molecule is CS(=O)(=O)Nc1cc(-c2ccc(F)cc2F)cc(-c2cnn3cc(-c4cnn(C5CCNCC5)c4)ccc23)c1. The molecule has 0 amide bonds. The highest BCUT2D eigenvalue weighted by Gasteiger charge is 2.18. The van der Waals surface area contributed by atoms with Gasteiger partial charge in [0.1, 0.15) is 11.6 Å². The molecule has 200 valence electrons. The number of rotatable bonds is 6. The average molecular weight is 549 g/mol. The Labute approximate surface area is 224 Å². The van der Waals surface area contributed by atoms with Gasteiger partial charge in [-0.25, -0.2) is 21.7 Å². The predicted octanol–water partition coefficient (Wildman–Crippen LogP) is 5.11. The van der Waals surface area contributed by atoms with Gasteiger partial charge in [0.15, 0.2) is 0 Å². The first-order valence-electron chi connectivity index (χ1n) is 12.5. The van der Waals surface area contributed by atoms with Gasteiger partial charge in [-0.3, -0.25) is 9.40 Å². The number of nitrogens with zero attached hydrogens (tertiary/aromatic N) is 4. The van der Waals surface area contributed by atoms with Crippen molar-refractivity contribution in [3.05, 3.63) is 85.0 Å². The summed E-state index contributed by atoms with van der Waals surface area (Å²) in [6.45, 7) is 1.97. The molecule has 11 heteroatoms. The Balaban J connectivity index is 1.39. The first-order chi connectivity index (χ1) is 18.7. The maximum atomic E-state index is 14.7. The van der Waals surface area contributed by atoms with Crippen molar-refractivity contribution in [2.24, 2.45) is 0 Å². The van der Waals surface area contributed by atoms with E-state index in [0.29, 0.717) is 17.2 Å². The van der Waals surface area contributed by atoms with Crippen molar-refractivity contribution in [3.63, 3.8) is 0 Å². The van der Waals surface area contributed by atoms with Crippen LogP contribution in [0.4, 0.5) is 14.5 Å². The second-order valence-corrected chi connectivity index (χ2v) is 11.5. The van der Waals surface area contributed by atoms with Gasteiger partial charge in [0, 0.05) is 46.4 Å². The smallest absolute Gasteiger partial charge is 0.229 e. The Morgan fingerprint density at radius 3 is 2.38 bits per heavy atom. The lowest BCUT2D eigenvalue weighted by Gasteiger charge is -2.22. The topological polar surface area (TPSA) is 93.3 Å². The van der Waals surface area contributed by atoms with E-state index >= 15 is 0 Å². The molecule has 0 aliphatic carbocycles. The fourth-order valence-electron chi connectivity index (χ4n) is 5.07. The minimum Gasteiger partial charge on any atom is -0.317 e. The van der Waals surface area contributed by atoms with Crippen LogP contribution in [0.3, 0.4) is 0 Å². The lowest BCUT2D eigenvalue weighted by Crippen LogP contribution is -2.29. The number of fused-ring (bicyclic) bond motifs is 1. The summed E-state index contributed by atoms with van der Waals surface area (Å²) in [6, 6.07) is 12.5. The van der Waals surface area contributed by atoms with Crippen molar-refractivity contribution >= 4 is 21.2 Å². The van der Waals surface area contributed by atoms with E-state index in [-0.39, 0.29) is 11.3 Å². The molecule has 1 saturated heterocycles. The zero-order chi connectivity index (χ0) is 27.1. The van der Waals surface area contributed by atoms with Crippen LogP contribution in [-0.4, -0.2) is 47.2 Å². The highest BCUT2D eigenvalue weighted by Crippen LogP contribution is 2.35. The van der Waals surface area contributed by atoms with Gasteiger partial charge in [-0.05, 0) is 73.5 Å². The fraction of sp³-hybridized carbons (Fsp3) is 0.214. The Morgan fingerprint density at radius 1 is 0.872 bits per heavy atom. The number of benzene rings is 2. The van der Waals surface area contributed by atoms with Gasteiger partial charge in [-0.15, -0.1) is 0 Å². The maximum absolute atomic E-state index is 14.7. The molecule has 1 fully saturated rings. The van der Waals surface area contributed by atoms with Crippen LogP contribution in [0, 0.1) is 11.6 Å². The zero-order valence-electron chi connectivity index (χ0n) is 21.1. The van der Waals surface area contributed by atoms with E-state index in [0.717, 1.165) is 60.5 Å². The number of piperidine rings is 1. The fourth-order valence-corrected chi connectivity index (χ4v) is 5.62. The Morgan fingerprint density at radius 2 is 1.64 bits per heavy atom. The van der Waals surface area contributed by atoms with E-state index in [2.05, 4.69) is 26.4 Å². The number of nitrogens with one attached hydrogen (secondary N) is 2. The Kier molecular flexibility index (Phi) is 6.40.